The number of hydrogen-bond donors (Lipinski definition) is 1. The molecule has 94 valence electrons. The molecular formula is C13H17F2NO. The van der Waals surface area contributed by atoms with Crippen molar-refractivity contribution in [3.8, 4) is 5.75 Å². The van der Waals surface area contributed by atoms with Crippen LogP contribution in [0.1, 0.15) is 43.2 Å². The summed E-state index contributed by atoms with van der Waals surface area (Å²) in [6.45, 7) is 0. The Hall–Kier alpha value is -1.16. The number of methoxy groups -OCH3 is 1. The smallest absolute Gasteiger partial charge is 0.263 e. The molecule has 0 unspecified atom stereocenters. The second kappa shape index (κ2) is 4.61. The molecule has 4 heteroatoms. The number of hydrogen-bond acceptors (Lipinski definition) is 2. The third-order valence-electron chi connectivity index (χ3n) is 3.51. The summed E-state index contributed by atoms with van der Waals surface area (Å²) in [5, 5.41) is 0. The molecule has 0 heterocycles. The highest BCUT2D eigenvalue weighted by Gasteiger charge is 2.34. The zero-order valence-corrected chi connectivity index (χ0v) is 9.88. The lowest BCUT2D eigenvalue weighted by atomic mass is 9.88. The van der Waals surface area contributed by atoms with Crippen molar-refractivity contribution >= 4 is 0 Å². The van der Waals surface area contributed by atoms with E-state index in [1.165, 1.54) is 19.2 Å². The van der Waals surface area contributed by atoms with E-state index < -0.39 is 12.0 Å². The van der Waals surface area contributed by atoms with Crippen LogP contribution in [0.4, 0.5) is 8.78 Å². The lowest BCUT2D eigenvalue weighted by Gasteiger charge is -2.26. The topological polar surface area (TPSA) is 35.2 Å². The normalized spacial score (nSPS) is 18.6. The number of nitrogens with two attached hydrogens (primary N) is 1. The van der Waals surface area contributed by atoms with Crippen LogP contribution in [0.5, 0.6) is 5.75 Å². The van der Waals surface area contributed by atoms with E-state index in [0.717, 1.165) is 31.2 Å². The Kier molecular flexibility index (Phi) is 3.33. The zero-order valence-electron chi connectivity index (χ0n) is 9.88. The summed E-state index contributed by atoms with van der Waals surface area (Å²) in [5.41, 5.74) is 6.73. The van der Waals surface area contributed by atoms with Gasteiger partial charge in [0.1, 0.15) is 5.75 Å². The Labute approximate surface area is 99.8 Å². The van der Waals surface area contributed by atoms with Gasteiger partial charge < -0.3 is 10.5 Å². The first kappa shape index (κ1) is 12.3. The Morgan fingerprint density at radius 1 is 1.29 bits per heavy atom. The van der Waals surface area contributed by atoms with Crippen molar-refractivity contribution in [1.82, 2.24) is 0 Å². The molecule has 17 heavy (non-hydrogen) atoms. The van der Waals surface area contributed by atoms with Gasteiger partial charge in [0, 0.05) is 16.7 Å². The van der Waals surface area contributed by atoms with Crippen LogP contribution in [0.3, 0.4) is 0 Å². The van der Waals surface area contributed by atoms with Crippen LogP contribution in [0.15, 0.2) is 18.2 Å². The maximum atomic E-state index is 12.6. The molecule has 0 aromatic heterocycles. The van der Waals surface area contributed by atoms with Crippen LogP contribution in [0.25, 0.3) is 0 Å². The van der Waals surface area contributed by atoms with Crippen LogP contribution in [0, 0.1) is 0 Å². The quantitative estimate of drug-likeness (QED) is 0.880. The number of alkyl halides is 2. The summed E-state index contributed by atoms with van der Waals surface area (Å²) in [5.74, 6) is 0.479. The van der Waals surface area contributed by atoms with Crippen molar-refractivity contribution in [2.45, 2.75) is 37.6 Å². The average Bonchev–Trinajstić information content (AvgIpc) is 2.76. The summed E-state index contributed by atoms with van der Waals surface area (Å²) in [6, 6.07) is 4.52. The Bertz CT molecular complexity index is 400. The number of ether oxygens (including phenoxy) is 1. The van der Waals surface area contributed by atoms with E-state index in [9.17, 15) is 8.78 Å². The molecule has 0 atom stereocenters. The van der Waals surface area contributed by atoms with Crippen LogP contribution < -0.4 is 10.5 Å². The third-order valence-corrected chi connectivity index (χ3v) is 3.51. The minimum atomic E-state index is -2.48. The highest BCUT2D eigenvalue weighted by molar-refractivity contribution is 5.43. The van der Waals surface area contributed by atoms with E-state index in [2.05, 4.69) is 0 Å². The molecule has 0 saturated heterocycles. The predicted octanol–water partition coefficient (Wildman–Crippen LogP) is 3.36. The number of rotatable bonds is 3. The average molecular weight is 241 g/mol. The second-order valence-electron chi connectivity index (χ2n) is 4.62. The summed E-state index contributed by atoms with van der Waals surface area (Å²) < 4.78 is 30.4. The summed E-state index contributed by atoms with van der Waals surface area (Å²) in [6.07, 6.45) is 1.46. The van der Waals surface area contributed by atoms with E-state index in [1.807, 2.05) is 0 Å². The Morgan fingerprint density at radius 2 is 1.94 bits per heavy atom. The van der Waals surface area contributed by atoms with E-state index >= 15 is 0 Å². The molecular weight excluding hydrogens is 224 g/mol. The lowest BCUT2D eigenvalue weighted by Crippen LogP contribution is -2.33. The Balaban J connectivity index is 2.40. The van der Waals surface area contributed by atoms with Gasteiger partial charge in [0.25, 0.3) is 6.43 Å². The van der Waals surface area contributed by atoms with Gasteiger partial charge in [0.05, 0.1) is 7.11 Å². The maximum absolute atomic E-state index is 12.6. The molecule has 0 bridgehead atoms. The van der Waals surface area contributed by atoms with E-state index in [0.29, 0.717) is 5.75 Å². The van der Waals surface area contributed by atoms with Crippen LogP contribution >= 0.6 is 0 Å². The van der Waals surface area contributed by atoms with Crippen molar-refractivity contribution in [3.05, 3.63) is 29.3 Å². The monoisotopic (exact) mass is 241 g/mol. The number of halogens is 2. The molecule has 1 aromatic rings. The molecule has 0 spiro atoms. The van der Waals surface area contributed by atoms with E-state index in [4.69, 9.17) is 10.5 Å². The van der Waals surface area contributed by atoms with Gasteiger partial charge in [-0.1, -0.05) is 25.0 Å². The SMILES string of the molecule is COc1cc(C(F)F)ccc1C1(N)CCCC1. The van der Waals surface area contributed by atoms with Crippen LogP contribution in [0.2, 0.25) is 0 Å². The minimum absolute atomic E-state index is 0.0211. The van der Waals surface area contributed by atoms with Gasteiger partial charge in [-0.05, 0) is 18.9 Å². The van der Waals surface area contributed by atoms with Gasteiger partial charge in [-0.2, -0.15) is 0 Å². The fourth-order valence-electron chi connectivity index (χ4n) is 2.53. The van der Waals surface area contributed by atoms with Crippen molar-refractivity contribution in [2.24, 2.45) is 5.73 Å². The van der Waals surface area contributed by atoms with E-state index in [1.54, 1.807) is 6.07 Å². The second-order valence-corrected chi connectivity index (χ2v) is 4.62. The fraction of sp³-hybridized carbons (Fsp3) is 0.538. The molecule has 1 aliphatic rings. The van der Waals surface area contributed by atoms with Gasteiger partial charge in [-0.3, -0.25) is 0 Å². The highest BCUT2D eigenvalue weighted by atomic mass is 19.3. The molecule has 0 radical (unpaired) electrons. The Morgan fingerprint density at radius 3 is 2.47 bits per heavy atom. The van der Waals surface area contributed by atoms with Gasteiger partial charge in [0.15, 0.2) is 0 Å². The zero-order chi connectivity index (χ0) is 12.5. The molecule has 1 aliphatic carbocycles. The van der Waals surface area contributed by atoms with Gasteiger partial charge in [-0.25, -0.2) is 8.78 Å². The van der Waals surface area contributed by atoms with Crippen molar-refractivity contribution in [1.29, 1.82) is 0 Å². The van der Waals surface area contributed by atoms with Gasteiger partial charge >= 0.3 is 0 Å². The lowest BCUT2D eigenvalue weighted by molar-refractivity contribution is 0.151. The van der Waals surface area contributed by atoms with Crippen LogP contribution in [-0.4, -0.2) is 7.11 Å². The third kappa shape index (κ3) is 2.27. The van der Waals surface area contributed by atoms with Crippen molar-refractivity contribution < 1.29 is 13.5 Å². The molecule has 0 aliphatic heterocycles. The molecule has 1 saturated carbocycles. The standard InChI is InChI=1S/C13H17F2NO/c1-17-11-8-9(12(14)15)4-5-10(11)13(16)6-2-3-7-13/h4-5,8,12H,2-3,6-7,16H2,1H3. The molecule has 2 rings (SSSR count). The molecule has 2 nitrogen and oxygen atoms in total. The summed E-state index contributed by atoms with van der Waals surface area (Å²) in [7, 11) is 1.49. The molecule has 0 amide bonds. The summed E-state index contributed by atoms with van der Waals surface area (Å²) in [4.78, 5) is 0. The summed E-state index contributed by atoms with van der Waals surface area (Å²) >= 11 is 0. The van der Waals surface area contributed by atoms with Gasteiger partial charge in [0.2, 0.25) is 0 Å². The van der Waals surface area contributed by atoms with Crippen LogP contribution in [-0.2, 0) is 5.54 Å². The largest absolute Gasteiger partial charge is 0.496 e. The molecule has 1 fully saturated rings. The molecule has 2 N–H and O–H groups in total. The fourth-order valence-corrected chi connectivity index (χ4v) is 2.53. The predicted molar refractivity (Wildman–Crippen MR) is 62.3 cm³/mol. The van der Waals surface area contributed by atoms with E-state index in [-0.39, 0.29) is 5.56 Å². The van der Waals surface area contributed by atoms with Crippen molar-refractivity contribution in [3.63, 3.8) is 0 Å². The maximum Gasteiger partial charge on any atom is 0.263 e. The number of benzene rings is 1. The first-order chi connectivity index (χ1) is 8.07. The first-order valence-electron chi connectivity index (χ1n) is 5.82. The van der Waals surface area contributed by atoms with Gasteiger partial charge in [-0.15, -0.1) is 0 Å². The highest BCUT2D eigenvalue weighted by Crippen LogP contribution is 2.41. The minimum Gasteiger partial charge on any atom is -0.496 e. The first-order valence-corrected chi connectivity index (χ1v) is 5.82. The molecule has 1 aromatic carbocycles. The van der Waals surface area contributed by atoms with Crippen molar-refractivity contribution in [2.75, 3.05) is 7.11 Å².